The van der Waals surface area contributed by atoms with Crippen molar-refractivity contribution >= 4 is 61.8 Å². The maximum atomic E-state index is 13.3. The smallest absolute Gasteiger partial charge is 0.306 e. The molecule has 2 aliphatic rings. The average molecular weight is 633 g/mol. The molecule has 4 unspecified atom stereocenters. The lowest BCUT2D eigenvalue weighted by molar-refractivity contribution is -0.169. The fourth-order valence-electron chi connectivity index (χ4n) is 4.09. The summed E-state index contributed by atoms with van der Waals surface area (Å²) in [6, 6.07) is 14.3. The standard InChI is InChI=1S/C21H28ClNO5S.C6H4BrCl/c1-21(2,3)29(27)12-17(14-4-5-14)23-16(13-6-8-15(22)9-7-13)11-28-18(20(23)26)10-19(24)25;7-5-3-1-2-4-6(5)8/h6-9,14,16-18H,4-5,10-12H2,1-3H3,(H,24,25);1-4H. The van der Waals surface area contributed by atoms with Crippen LogP contribution in [0.2, 0.25) is 10.0 Å². The molecule has 10 heteroatoms. The molecule has 0 radical (unpaired) electrons. The molecule has 0 aromatic heterocycles. The quantitative estimate of drug-likeness (QED) is 0.376. The van der Waals surface area contributed by atoms with Crippen molar-refractivity contribution in [3.8, 4) is 0 Å². The molecule has 1 aliphatic carbocycles. The molecule has 1 heterocycles. The Morgan fingerprint density at radius 3 is 2.27 bits per heavy atom. The summed E-state index contributed by atoms with van der Waals surface area (Å²) < 4.78 is 19.2. The van der Waals surface area contributed by atoms with Crippen molar-refractivity contribution in [1.29, 1.82) is 0 Å². The van der Waals surface area contributed by atoms with Crippen LogP contribution in [0.4, 0.5) is 0 Å². The number of hydrogen-bond acceptors (Lipinski definition) is 4. The van der Waals surface area contributed by atoms with E-state index in [0.29, 0.717) is 10.8 Å². The zero-order valence-electron chi connectivity index (χ0n) is 21.0. The monoisotopic (exact) mass is 631 g/mol. The van der Waals surface area contributed by atoms with Gasteiger partial charge in [-0.3, -0.25) is 13.8 Å². The lowest BCUT2D eigenvalue weighted by atomic mass is 9.98. The summed E-state index contributed by atoms with van der Waals surface area (Å²) in [4.78, 5) is 26.3. The molecule has 1 aliphatic heterocycles. The number of carbonyl (C=O) groups excluding carboxylic acids is 1. The van der Waals surface area contributed by atoms with Crippen molar-refractivity contribution < 1.29 is 23.6 Å². The molecule has 0 bridgehead atoms. The van der Waals surface area contributed by atoms with Gasteiger partial charge in [0, 0.05) is 36.8 Å². The van der Waals surface area contributed by atoms with Gasteiger partial charge in [-0.05, 0) is 85.3 Å². The second kappa shape index (κ2) is 13.1. The second-order valence-electron chi connectivity index (χ2n) is 10.2. The third kappa shape index (κ3) is 8.52. The zero-order chi connectivity index (χ0) is 27.3. The minimum absolute atomic E-state index is 0.205. The topological polar surface area (TPSA) is 83.9 Å². The molecule has 1 saturated carbocycles. The van der Waals surface area contributed by atoms with Gasteiger partial charge in [0.15, 0.2) is 0 Å². The molecule has 1 saturated heterocycles. The summed E-state index contributed by atoms with van der Waals surface area (Å²) >= 11 is 14.9. The first kappa shape index (κ1) is 30.1. The molecule has 1 amide bonds. The van der Waals surface area contributed by atoms with Gasteiger partial charge in [0.1, 0.15) is 6.10 Å². The van der Waals surface area contributed by atoms with E-state index in [0.717, 1.165) is 27.9 Å². The summed E-state index contributed by atoms with van der Waals surface area (Å²) in [6.07, 6.45) is 0.573. The predicted molar refractivity (Wildman–Crippen MR) is 151 cm³/mol. The highest BCUT2D eigenvalue weighted by molar-refractivity contribution is 9.10. The van der Waals surface area contributed by atoms with E-state index >= 15 is 0 Å². The summed E-state index contributed by atoms with van der Waals surface area (Å²) in [5, 5.41) is 10.5. The summed E-state index contributed by atoms with van der Waals surface area (Å²) in [5.41, 5.74) is 0.878. The van der Waals surface area contributed by atoms with E-state index in [-0.39, 0.29) is 36.9 Å². The number of morpholine rings is 1. The minimum Gasteiger partial charge on any atom is -0.481 e. The maximum absolute atomic E-state index is 13.3. The highest BCUT2D eigenvalue weighted by Crippen LogP contribution is 2.42. The van der Waals surface area contributed by atoms with Gasteiger partial charge in [0.2, 0.25) is 0 Å². The second-order valence-corrected chi connectivity index (χ2v) is 14.1. The molecule has 1 N–H and O–H groups in total. The predicted octanol–water partition coefficient (Wildman–Crippen LogP) is 6.51. The number of carboxylic acid groups (broad SMARTS) is 1. The highest BCUT2D eigenvalue weighted by Gasteiger charge is 2.47. The number of carboxylic acids is 1. The molecule has 202 valence electrons. The molecule has 6 nitrogen and oxygen atoms in total. The number of carbonyl (C=O) groups is 2. The van der Waals surface area contributed by atoms with Gasteiger partial charge in [-0.2, -0.15) is 0 Å². The van der Waals surface area contributed by atoms with Crippen LogP contribution in [0.5, 0.6) is 0 Å². The van der Waals surface area contributed by atoms with Crippen LogP contribution < -0.4 is 0 Å². The third-order valence-electron chi connectivity index (χ3n) is 6.29. The van der Waals surface area contributed by atoms with E-state index in [9.17, 15) is 18.9 Å². The minimum atomic E-state index is -1.13. The third-order valence-corrected chi connectivity index (χ3v) is 9.80. The lowest BCUT2D eigenvalue weighted by Crippen LogP contribution is -2.56. The molecule has 2 aromatic carbocycles. The summed E-state index contributed by atoms with van der Waals surface area (Å²) in [6.45, 7) is 5.99. The van der Waals surface area contributed by atoms with Gasteiger partial charge in [-0.25, -0.2) is 0 Å². The number of ether oxygens (including phenoxy) is 1. The largest absolute Gasteiger partial charge is 0.481 e. The van der Waals surface area contributed by atoms with Crippen LogP contribution in [0.25, 0.3) is 0 Å². The van der Waals surface area contributed by atoms with Gasteiger partial charge >= 0.3 is 5.97 Å². The van der Waals surface area contributed by atoms with E-state index in [1.807, 2.05) is 57.2 Å². The summed E-state index contributed by atoms with van der Waals surface area (Å²) in [7, 11) is -1.13. The number of amides is 1. The Hall–Kier alpha value is -1.45. The first-order valence-corrected chi connectivity index (χ1v) is 14.9. The molecule has 4 rings (SSSR count). The van der Waals surface area contributed by atoms with E-state index < -0.39 is 27.6 Å². The Labute approximate surface area is 239 Å². The Kier molecular flexibility index (Phi) is 10.6. The van der Waals surface area contributed by atoms with E-state index in [2.05, 4.69) is 15.9 Å². The molecular formula is C27H32BrCl2NO5S. The van der Waals surface area contributed by atoms with Crippen molar-refractivity contribution in [1.82, 2.24) is 4.90 Å². The van der Waals surface area contributed by atoms with Gasteiger partial charge < -0.3 is 14.7 Å². The van der Waals surface area contributed by atoms with Crippen LogP contribution in [-0.2, 0) is 25.1 Å². The normalized spacial score (nSPS) is 21.6. The fourth-order valence-corrected chi connectivity index (χ4v) is 5.88. The van der Waals surface area contributed by atoms with Crippen LogP contribution in [0.3, 0.4) is 0 Å². The van der Waals surface area contributed by atoms with Gasteiger partial charge in [0.05, 0.1) is 24.1 Å². The van der Waals surface area contributed by atoms with Crippen LogP contribution in [0.1, 0.15) is 51.6 Å². The highest BCUT2D eigenvalue weighted by atomic mass is 79.9. The van der Waals surface area contributed by atoms with Crippen LogP contribution >= 0.6 is 39.1 Å². The number of aliphatic carboxylic acids is 1. The fraction of sp³-hybridized carbons (Fsp3) is 0.481. The molecule has 4 atom stereocenters. The lowest BCUT2D eigenvalue weighted by Gasteiger charge is -2.44. The van der Waals surface area contributed by atoms with Crippen LogP contribution in [0.15, 0.2) is 53.0 Å². The van der Waals surface area contributed by atoms with Gasteiger partial charge in [0.25, 0.3) is 5.91 Å². The average Bonchev–Trinajstić information content (AvgIpc) is 3.66. The molecule has 0 spiro atoms. The Balaban J connectivity index is 0.000000405. The van der Waals surface area contributed by atoms with Crippen molar-refractivity contribution in [3.05, 3.63) is 68.6 Å². The van der Waals surface area contributed by atoms with E-state index in [4.69, 9.17) is 27.9 Å². The first-order valence-electron chi connectivity index (χ1n) is 12.1. The molecule has 2 fully saturated rings. The number of hydrogen-bond donors (Lipinski definition) is 1. The Morgan fingerprint density at radius 1 is 1.16 bits per heavy atom. The van der Waals surface area contributed by atoms with E-state index in [1.165, 1.54) is 0 Å². The van der Waals surface area contributed by atoms with E-state index in [1.54, 1.807) is 17.0 Å². The Morgan fingerprint density at radius 2 is 1.78 bits per heavy atom. The van der Waals surface area contributed by atoms with Crippen LogP contribution in [-0.4, -0.2) is 55.3 Å². The molecular weight excluding hydrogens is 601 g/mol. The first-order chi connectivity index (χ1) is 17.4. The molecule has 2 aromatic rings. The van der Waals surface area contributed by atoms with Crippen molar-refractivity contribution in [2.24, 2.45) is 5.92 Å². The number of rotatable bonds is 7. The van der Waals surface area contributed by atoms with Gasteiger partial charge in [-0.15, -0.1) is 0 Å². The van der Waals surface area contributed by atoms with Crippen LogP contribution in [0, 0.1) is 5.92 Å². The summed E-state index contributed by atoms with van der Waals surface area (Å²) in [5.74, 6) is -0.747. The van der Waals surface area contributed by atoms with Gasteiger partial charge in [-0.1, -0.05) is 47.5 Å². The zero-order valence-corrected chi connectivity index (χ0v) is 24.9. The van der Waals surface area contributed by atoms with Crippen molar-refractivity contribution in [2.45, 2.75) is 63.0 Å². The Bertz CT molecular complexity index is 1100. The van der Waals surface area contributed by atoms with Crippen molar-refractivity contribution in [3.63, 3.8) is 0 Å². The number of halogens is 3. The van der Waals surface area contributed by atoms with Crippen molar-refractivity contribution in [2.75, 3.05) is 12.4 Å². The number of nitrogens with zero attached hydrogens (tertiary/aromatic N) is 1. The number of benzene rings is 2. The molecule has 37 heavy (non-hydrogen) atoms. The SMILES string of the molecule is CC(C)(C)S(=O)CC(C1CC1)N1C(=O)C(CC(=O)O)OCC1c1ccc(Cl)cc1.Clc1ccccc1Br. The maximum Gasteiger partial charge on any atom is 0.306 e.